The molecule has 0 saturated heterocycles. The molecule has 0 bridgehead atoms. The molecule has 0 saturated carbocycles. The molecule has 1 heterocycles. The van der Waals surface area contributed by atoms with Crippen molar-refractivity contribution < 1.29 is 4.79 Å². The lowest BCUT2D eigenvalue weighted by molar-refractivity contribution is -0.115. The van der Waals surface area contributed by atoms with Gasteiger partial charge in [0.25, 0.3) is 0 Å². The summed E-state index contributed by atoms with van der Waals surface area (Å²) in [5, 5.41) is 3.03. The summed E-state index contributed by atoms with van der Waals surface area (Å²) in [6.45, 7) is 4.15. The molecule has 1 atom stereocenters. The molecule has 0 spiro atoms. The van der Waals surface area contributed by atoms with Crippen molar-refractivity contribution in [2.45, 2.75) is 30.6 Å². The van der Waals surface area contributed by atoms with Gasteiger partial charge in [0.15, 0.2) is 0 Å². The summed E-state index contributed by atoms with van der Waals surface area (Å²) >= 11 is 2.21. The smallest absolute Gasteiger partial charge is 0.237 e. The highest BCUT2D eigenvalue weighted by atomic mass is 127. The van der Waals surface area contributed by atoms with E-state index in [1.807, 2.05) is 0 Å². The number of fused-ring (bicyclic) bond motifs is 1. The molecule has 1 aromatic carbocycles. The lowest BCUT2D eigenvalue weighted by Gasteiger charge is -2.12. The molecule has 1 unspecified atom stereocenters. The second kappa shape index (κ2) is 4.12. The average Bonchev–Trinajstić information content (AvgIpc) is 2.35. The Kier molecular flexibility index (Phi) is 3.00. The summed E-state index contributed by atoms with van der Waals surface area (Å²) < 4.78 is 0.0923. The predicted octanol–water partition coefficient (Wildman–Crippen LogP) is 2.99. The number of carbonyl (C=O) groups excluding carboxylic acids is 1. The van der Waals surface area contributed by atoms with Gasteiger partial charge < -0.3 is 5.32 Å². The third-order valence-electron chi connectivity index (χ3n) is 3.02. The topological polar surface area (TPSA) is 29.1 Å². The van der Waals surface area contributed by atoms with E-state index in [1.54, 1.807) is 0 Å². The molecule has 1 aliphatic rings. The first-order chi connectivity index (χ1) is 7.09. The van der Waals surface area contributed by atoms with Gasteiger partial charge in [-0.15, -0.1) is 0 Å². The summed E-state index contributed by atoms with van der Waals surface area (Å²) in [5.41, 5.74) is 4.75. The Balaban J connectivity index is 2.48. The van der Waals surface area contributed by atoms with Gasteiger partial charge in [-0.25, -0.2) is 0 Å². The molecule has 2 rings (SSSR count). The highest BCUT2D eigenvalue weighted by molar-refractivity contribution is 14.1. The van der Waals surface area contributed by atoms with Gasteiger partial charge in [-0.2, -0.15) is 0 Å². The monoisotopic (exact) mass is 315 g/mol. The maximum Gasteiger partial charge on any atom is 0.237 e. The summed E-state index contributed by atoms with van der Waals surface area (Å²) in [6, 6.07) is 4.26. The van der Waals surface area contributed by atoms with Crippen LogP contribution in [-0.4, -0.2) is 9.83 Å². The van der Waals surface area contributed by atoms with Crippen LogP contribution in [0.25, 0.3) is 0 Å². The predicted molar refractivity (Wildman–Crippen MR) is 70.7 cm³/mol. The van der Waals surface area contributed by atoms with E-state index in [2.05, 4.69) is 53.9 Å². The van der Waals surface area contributed by atoms with Gasteiger partial charge in [0, 0.05) is 5.69 Å². The van der Waals surface area contributed by atoms with E-state index < -0.39 is 0 Å². The maximum absolute atomic E-state index is 11.7. The number of halogens is 1. The molecular formula is C12H14INO. The molecule has 3 heteroatoms. The fourth-order valence-corrected chi connectivity index (χ4v) is 2.34. The minimum absolute atomic E-state index is 0.0923. The van der Waals surface area contributed by atoms with Crippen molar-refractivity contribution in [1.29, 1.82) is 0 Å². The minimum atomic E-state index is 0.0923. The molecule has 0 fully saturated rings. The summed E-state index contributed by atoms with van der Waals surface area (Å²) in [6.07, 6.45) is 1.92. The van der Waals surface area contributed by atoms with Gasteiger partial charge in [-0.05, 0) is 43.4 Å². The number of nitrogens with one attached hydrogen (secondary N) is 1. The Morgan fingerprint density at radius 1 is 1.40 bits per heavy atom. The normalized spacial score (nSPS) is 20.5. The fraction of sp³-hybridized carbons (Fsp3) is 0.417. The number of hydrogen-bond acceptors (Lipinski definition) is 1. The molecule has 15 heavy (non-hydrogen) atoms. The van der Waals surface area contributed by atoms with Crippen LogP contribution < -0.4 is 5.32 Å². The highest BCUT2D eigenvalue weighted by Gasteiger charge is 2.22. The first-order valence-electron chi connectivity index (χ1n) is 5.13. The SMILES string of the molecule is Cc1ccc2c(c1C)NC(=O)C(I)CC2. The van der Waals surface area contributed by atoms with E-state index in [4.69, 9.17) is 0 Å². The molecule has 1 N–H and O–H groups in total. The average molecular weight is 315 g/mol. The van der Waals surface area contributed by atoms with E-state index in [-0.39, 0.29) is 9.83 Å². The largest absolute Gasteiger partial charge is 0.325 e. The molecule has 80 valence electrons. The quantitative estimate of drug-likeness (QED) is 0.579. The van der Waals surface area contributed by atoms with Crippen LogP contribution in [0.5, 0.6) is 0 Å². The minimum Gasteiger partial charge on any atom is -0.325 e. The maximum atomic E-state index is 11.7. The van der Waals surface area contributed by atoms with Crippen LogP contribution in [-0.2, 0) is 11.2 Å². The third kappa shape index (κ3) is 2.02. The van der Waals surface area contributed by atoms with Crippen LogP contribution in [0.1, 0.15) is 23.1 Å². The molecule has 1 aromatic rings. The highest BCUT2D eigenvalue weighted by Crippen LogP contribution is 2.29. The first kappa shape index (κ1) is 10.9. The van der Waals surface area contributed by atoms with Gasteiger partial charge in [-0.1, -0.05) is 34.7 Å². The number of hydrogen-bond donors (Lipinski definition) is 1. The number of amides is 1. The van der Waals surface area contributed by atoms with Gasteiger partial charge >= 0.3 is 0 Å². The van der Waals surface area contributed by atoms with Crippen LogP contribution in [0.15, 0.2) is 12.1 Å². The Morgan fingerprint density at radius 2 is 2.13 bits per heavy atom. The second-order valence-electron chi connectivity index (χ2n) is 4.04. The van der Waals surface area contributed by atoms with Crippen LogP contribution in [0.3, 0.4) is 0 Å². The van der Waals surface area contributed by atoms with Crippen LogP contribution in [0, 0.1) is 13.8 Å². The number of aryl methyl sites for hydroxylation is 2. The van der Waals surface area contributed by atoms with Gasteiger partial charge in [0.1, 0.15) is 0 Å². The number of anilines is 1. The molecular weight excluding hydrogens is 301 g/mol. The van der Waals surface area contributed by atoms with Crippen molar-refractivity contribution in [3.8, 4) is 0 Å². The van der Waals surface area contributed by atoms with Crippen molar-refractivity contribution in [1.82, 2.24) is 0 Å². The van der Waals surface area contributed by atoms with Crippen LogP contribution in [0.2, 0.25) is 0 Å². The van der Waals surface area contributed by atoms with Crippen molar-refractivity contribution in [3.63, 3.8) is 0 Å². The zero-order chi connectivity index (χ0) is 11.0. The van der Waals surface area contributed by atoms with Crippen molar-refractivity contribution in [2.75, 3.05) is 5.32 Å². The number of alkyl halides is 1. The van der Waals surface area contributed by atoms with E-state index >= 15 is 0 Å². The molecule has 0 aliphatic carbocycles. The lowest BCUT2D eigenvalue weighted by atomic mass is 10.0. The van der Waals surface area contributed by atoms with E-state index in [0.29, 0.717) is 0 Å². The number of carbonyl (C=O) groups is 1. The lowest BCUT2D eigenvalue weighted by Crippen LogP contribution is -2.21. The summed E-state index contributed by atoms with van der Waals surface area (Å²) in [4.78, 5) is 11.7. The van der Waals surface area contributed by atoms with E-state index in [1.165, 1.54) is 16.7 Å². The standard InChI is InChI=1S/C12H14INO/c1-7-3-4-9-5-6-10(13)12(15)14-11(9)8(7)2/h3-4,10H,5-6H2,1-2H3,(H,14,15). The summed E-state index contributed by atoms with van der Waals surface area (Å²) in [5.74, 6) is 0.142. The molecule has 0 radical (unpaired) electrons. The first-order valence-corrected chi connectivity index (χ1v) is 6.38. The van der Waals surface area contributed by atoms with Gasteiger partial charge in [-0.3, -0.25) is 4.79 Å². The number of benzene rings is 1. The Morgan fingerprint density at radius 3 is 2.87 bits per heavy atom. The molecule has 1 aliphatic heterocycles. The second-order valence-corrected chi connectivity index (χ2v) is 5.54. The van der Waals surface area contributed by atoms with Crippen molar-refractivity contribution in [3.05, 3.63) is 28.8 Å². The third-order valence-corrected chi connectivity index (χ3v) is 4.21. The summed E-state index contributed by atoms with van der Waals surface area (Å²) in [7, 11) is 0. The van der Waals surface area contributed by atoms with Gasteiger partial charge in [0.05, 0.1) is 3.92 Å². The van der Waals surface area contributed by atoms with Crippen LogP contribution in [0.4, 0.5) is 5.69 Å². The Bertz CT molecular complexity index is 414. The van der Waals surface area contributed by atoms with Crippen LogP contribution >= 0.6 is 22.6 Å². The van der Waals surface area contributed by atoms with E-state index in [9.17, 15) is 4.79 Å². The molecule has 2 nitrogen and oxygen atoms in total. The van der Waals surface area contributed by atoms with Gasteiger partial charge in [0.2, 0.25) is 5.91 Å². The Labute approximate surface area is 104 Å². The van der Waals surface area contributed by atoms with Crippen molar-refractivity contribution >= 4 is 34.2 Å². The van der Waals surface area contributed by atoms with E-state index in [0.717, 1.165) is 18.5 Å². The van der Waals surface area contributed by atoms with Crippen molar-refractivity contribution in [2.24, 2.45) is 0 Å². The zero-order valence-electron chi connectivity index (χ0n) is 8.93. The zero-order valence-corrected chi connectivity index (χ0v) is 11.1. The fourth-order valence-electron chi connectivity index (χ4n) is 1.87. The molecule has 0 aromatic heterocycles. The Hall–Kier alpha value is -0.580. The number of rotatable bonds is 0. The molecule has 1 amide bonds.